The number of nitrogens with one attached hydrogen (secondary N) is 1. The number of nitrogens with zero attached hydrogens (tertiary/aromatic N) is 4. The lowest BCUT2D eigenvalue weighted by atomic mass is 10.3. The Labute approximate surface area is 125 Å². The number of furan rings is 1. The predicted octanol–water partition coefficient (Wildman–Crippen LogP) is 1.46. The van der Waals surface area contributed by atoms with Gasteiger partial charge in [0.2, 0.25) is 0 Å². The third-order valence-electron chi connectivity index (χ3n) is 2.96. The molecule has 22 heavy (non-hydrogen) atoms. The van der Waals surface area contributed by atoms with Crippen LogP contribution in [-0.4, -0.2) is 26.8 Å². The number of carbonyl (C=O) groups is 1. The van der Waals surface area contributed by atoms with Gasteiger partial charge in [0.05, 0.1) is 11.1 Å². The summed E-state index contributed by atoms with van der Waals surface area (Å²) < 4.78 is 6.53. The van der Waals surface area contributed by atoms with E-state index in [-0.39, 0.29) is 17.9 Å². The summed E-state index contributed by atoms with van der Waals surface area (Å²) in [6.07, 6.45) is 1.37. The molecule has 0 unspecified atom stereocenters. The number of hydrazone groups is 1. The van der Waals surface area contributed by atoms with Gasteiger partial charge in [0, 0.05) is 0 Å². The van der Waals surface area contributed by atoms with Crippen LogP contribution in [0.25, 0.3) is 0 Å². The summed E-state index contributed by atoms with van der Waals surface area (Å²) in [4.78, 5) is 22.1. The number of hydrogen-bond acceptors (Lipinski definition) is 6. The van der Waals surface area contributed by atoms with E-state index in [1.165, 1.54) is 17.8 Å². The van der Waals surface area contributed by atoms with Gasteiger partial charge in [0.25, 0.3) is 5.91 Å². The van der Waals surface area contributed by atoms with Gasteiger partial charge in [-0.2, -0.15) is 10.2 Å². The first-order chi connectivity index (χ1) is 10.4. The van der Waals surface area contributed by atoms with Gasteiger partial charge in [-0.05, 0) is 32.9 Å². The van der Waals surface area contributed by atoms with Crippen LogP contribution in [0.15, 0.2) is 21.7 Å². The number of nitro groups is 1. The molecule has 2 rings (SSSR count). The molecule has 0 aliphatic rings. The summed E-state index contributed by atoms with van der Waals surface area (Å²) in [5, 5.41) is 18.6. The van der Waals surface area contributed by atoms with Crippen LogP contribution in [0.3, 0.4) is 0 Å². The van der Waals surface area contributed by atoms with Gasteiger partial charge in [0.1, 0.15) is 29.5 Å². The minimum absolute atomic E-state index is 0.0811. The maximum atomic E-state index is 11.8. The van der Waals surface area contributed by atoms with Crippen molar-refractivity contribution in [1.29, 1.82) is 0 Å². The fourth-order valence-corrected chi connectivity index (χ4v) is 1.97. The summed E-state index contributed by atoms with van der Waals surface area (Å²) in [5.74, 6) is 0.808. The Balaban J connectivity index is 1.99. The zero-order valence-corrected chi connectivity index (χ0v) is 12.4. The molecule has 0 aromatic carbocycles. The average Bonchev–Trinajstić information content (AvgIpc) is 2.94. The molecule has 0 saturated heterocycles. The first-order valence-electron chi connectivity index (χ1n) is 6.45. The van der Waals surface area contributed by atoms with Gasteiger partial charge in [-0.25, -0.2) is 5.43 Å². The van der Waals surface area contributed by atoms with E-state index in [0.29, 0.717) is 11.5 Å². The number of rotatable bonds is 5. The molecule has 9 heteroatoms. The lowest BCUT2D eigenvalue weighted by Crippen LogP contribution is -2.24. The summed E-state index contributed by atoms with van der Waals surface area (Å²) >= 11 is 0. The Bertz CT molecular complexity index is 744. The van der Waals surface area contributed by atoms with E-state index in [1.54, 1.807) is 26.0 Å². The minimum atomic E-state index is -0.510. The average molecular weight is 305 g/mol. The zero-order valence-electron chi connectivity index (χ0n) is 12.4. The van der Waals surface area contributed by atoms with Gasteiger partial charge >= 0.3 is 5.69 Å². The predicted molar refractivity (Wildman–Crippen MR) is 77.5 cm³/mol. The molecule has 0 bridgehead atoms. The van der Waals surface area contributed by atoms with Gasteiger partial charge in [0.15, 0.2) is 0 Å². The second kappa shape index (κ2) is 6.20. The Kier molecular flexibility index (Phi) is 4.35. The van der Waals surface area contributed by atoms with Crippen LogP contribution in [0, 0.1) is 30.9 Å². The summed E-state index contributed by atoms with van der Waals surface area (Å²) in [6, 6.07) is 3.49. The van der Waals surface area contributed by atoms with Crippen molar-refractivity contribution in [3.8, 4) is 0 Å². The van der Waals surface area contributed by atoms with Crippen molar-refractivity contribution in [3.05, 3.63) is 45.2 Å². The van der Waals surface area contributed by atoms with Crippen LogP contribution in [0.2, 0.25) is 0 Å². The molecule has 0 fully saturated rings. The van der Waals surface area contributed by atoms with Gasteiger partial charge in [-0.15, -0.1) is 0 Å². The molecule has 9 nitrogen and oxygen atoms in total. The molecule has 0 saturated carbocycles. The SMILES string of the molecule is Cc1ccc(/C=N/NC(=O)Cn2nc(C)c([N+](=O)[O-])c2C)o1. The van der Waals surface area contributed by atoms with Crippen molar-refractivity contribution in [2.75, 3.05) is 0 Å². The van der Waals surface area contributed by atoms with Crippen molar-refractivity contribution in [2.24, 2.45) is 5.10 Å². The standard InChI is InChI=1S/C13H15N5O4/c1-8-4-5-11(22-8)6-14-15-12(19)7-17-10(3)13(18(20)21)9(2)16-17/h4-6H,7H2,1-3H3,(H,15,19)/b14-6+. The van der Waals surface area contributed by atoms with Gasteiger partial charge in [-0.1, -0.05) is 0 Å². The van der Waals surface area contributed by atoms with Crippen molar-refractivity contribution >= 4 is 17.8 Å². The Morgan fingerprint density at radius 2 is 2.23 bits per heavy atom. The van der Waals surface area contributed by atoms with E-state index in [4.69, 9.17) is 4.42 Å². The van der Waals surface area contributed by atoms with E-state index in [1.807, 2.05) is 0 Å². The highest BCUT2D eigenvalue weighted by atomic mass is 16.6. The first-order valence-corrected chi connectivity index (χ1v) is 6.45. The van der Waals surface area contributed by atoms with Crippen LogP contribution >= 0.6 is 0 Å². The normalized spacial score (nSPS) is 11.0. The van der Waals surface area contributed by atoms with Crippen LogP contribution in [-0.2, 0) is 11.3 Å². The number of aromatic nitrogens is 2. The Morgan fingerprint density at radius 3 is 2.77 bits per heavy atom. The molecule has 0 atom stereocenters. The molecule has 1 amide bonds. The van der Waals surface area contributed by atoms with Crippen molar-refractivity contribution < 1.29 is 14.1 Å². The number of aryl methyl sites for hydroxylation is 2. The summed E-state index contributed by atoms with van der Waals surface area (Å²) in [7, 11) is 0. The number of hydrogen-bond donors (Lipinski definition) is 1. The van der Waals surface area contributed by atoms with E-state index >= 15 is 0 Å². The summed E-state index contributed by atoms with van der Waals surface area (Å²) in [6.45, 7) is 4.71. The lowest BCUT2D eigenvalue weighted by Gasteiger charge is -2.01. The molecular formula is C13H15N5O4. The molecule has 0 aliphatic carbocycles. The van der Waals surface area contributed by atoms with Crippen molar-refractivity contribution in [3.63, 3.8) is 0 Å². The van der Waals surface area contributed by atoms with Crippen molar-refractivity contribution in [2.45, 2.75) is 27.3 Å². The Hall–Kier alpha value is -2.97. The van der Waals surface area contributed by atoms with E-state index in [9.17, 15) is 14.9 Å². The van der Waals surface area contributed by atoms with E-state index in [2.05, 4.69) is 15.6 Å². The zero-order chi connectivity index (χ0) is 16.3. The second-order valence-electron chi connectivity index (χ2n) is 4.68. The van der Waals surface area contributed by atoms with Crippen LogP contribution in [0.4, 0.5) is 5.69 Å². The van der Waals surface area contributed by atoms with Crippen LogP contribution < -0.4 is 5.43 Å². The molecule has 0 spiro atoms. The largest absolute Gasteiger partial charge is 0.460 e. The summed E-state index contributed by atoms with van der Waals surface area (Å²) in [5.41, 5.74) is 2.82. The molecule has 2 aromatic heterocycles. The fraction of sp³-hybridized carbons (Fsp3) is 0.308. The fourth-order valence-electron chi connectivity index (χ4n) is 1.97. The second-order valence-corrected chi connectivity index (χ2v) is 4.68. The third-order valence-corrected chi connectivity index (χ3v) is 2.96. The highest BCUT2D eigenvalue weighted by Crippen LogP contribution is 2.21. The van der Waals surface area contributed by atoms with E-state index in [0.717, 1.165) is 5.76 Å². The van der Waals surface area contributed by atoms with Gasteiger partial charge < -0.3 is 4.42 Å². The number of amides is 1. The minimum Gasteiger partial charge on any atom is -0.460 e. The molecule has 116 valence electrons. The monoisotopic (exact) mass is 305 g/mol. The maximum absolute atomic E-state index is 11.8. The van der Waals surface area contributed by atoms with Crippen LogP contribution in [0.5, 0.6) is 0 Å². The Morgan fingerprint density at radius 1 is 1.50 bits per heavy atom. The smallest absolute Gasteiger partial charge is 0.312 e. The molecule has 2 aromatic rings. The molecule has 0 radical (unpaired) electrons. The highest BCUT2D eigenvalue weighted by Gasteiger charge is 2.22. The van der Waals surface area contributed by atoms with Crippen LogP contribution in [0.1, 0.15) is 22.9 Å². The molecular weight excluding hydrogens is 290 g/mol. The number of carbonyl (C=O) groups excluding carboxylic acids is 1. The topological polar surface area (TPSA) is 116 Å². The highest BCUT2D eigenvalue weighted by molar-refractivity contribution is 5.80. The maximum Gasteiger partial charge on any atom is 0.312 e. The first kappa shape index (κ1) is 15.4. The lowest BCUT2D eigenvalue weighted by molar-refractivity contribution is -0.386. The molecule has 2 heterocycles. The third kappa shape index (κ3) is 3.37. The van der Waals surface area contributed by atoms with Gasteiger partial charge in [-0.3, -0.25) is 19.6 Å². The molecule has 1 N–H and O–H groups in total. The molecule has 0 aliphatic heterocycles. The van der Waals surface area contributed by atoms with Crippen molar-refractivity contribution in [1.82, 2.24) is 15.2 Å². The quantitative estimate of drug-likeness (QED) is 0.510. The van der Waals surface area contributed by atoms with E-state index < -0.39 is 10.8 Å².